The van der Waals surface area contributed by atoms with Crippen LogP contribution < -0.4 is 0 Å². The van der Waals surface area contributed by atoms with Crippen molar-refractivity contribution in [3.05, 3.63) is 55.8 Å². The maximum Gasteiger partial charge on any atom is 0.389 e. The van der Waals surface area contributed by atoms with Crippen LogP contribution in [0.1, 0.15) is 10.4 Å². The van der Waals surface area contributed by atoms with Crippen molar-refractivity contribution in [3.8, 4) is 0 Å². The Kier molecular flexibility index (Phi) is 3.70. The Labute approximate surface area is 116 Å². The molecule has 0 bridgehead atoms. The van der Waals surface area contributed by atoms with Crippen LogP contribution in [0.15, 0.2) is 36.5 Å². The quantitative estimate of drug-likeness (QED) is 0.364. The Balaban J connectivity index is 2.11. The highest BCUT2D eigenvalue weighted by molar-refractivity contribution is 14.1. The Morgan fingerprint density at radius 2 is 2.00 bits per heavy atom. The van der Waals surface area contributed by atoms with Crippen LogP contribution in [-0.2, 0) is 6.54 Å². The average Bonchev–Trinajstić information content (AvgIpc) is 2.78. The molecule has 2 rings (SSSR count). The van der Waals surface area contributed by atoms with Crippen LogP contribution in [0.4, 0.5) is 5.82 Å². The molecule has 18 heavy (non-hydrogen) atoms. The van der Waals surface area contributed by atoms with Gasteiger partial charge in [0.05, 0.1) is 17.4 Å². The first-order valence-corrected chi connectivity index (χ1v) is 6.11. The summed E-state index contributed by atoms with van der Waals surface area (Å²) >= 11 is 2.15. The second kappa shape index (κ2) is 5.25. The molecule has 0 spiro atoms. The normalized spacial score (nSPS) is 10.3. The van der Waals surface area contributed by atoms with Crippen molar-refractivity contribution in [2.75, 3.05) is 0 Å². The third-order valence-corrected chi connectivity index (χ3v) is 3.00. The molecule has 92 valence electrons. The van der Waals surface area contributed by atoms with Crippen molar-refractivity contribution in [3.63, 3.8) is 0 Å². The minimum absolute atomic E-state index is 0.00552. The first-order valence-electron chi connectivity index (χ1n) is 5.03. The molecular formula is C11H8IN3O3. The maximum absolute atomic E-state index is 11.9. The van der Waals surface area contributed by atoms with Crippen LogP contribution in [0.2, 0.25) is 0 Å². The lowest BCUT2D eigenvalue weighted by Gasteiger charge is -1.99. The largest absolute Gasteiger partial charge is 0.389 e. The molecule has 6 nitrogen and oxygen atoms in total. The number of benzene rings is 1. The first-order chi connectivity index (χ1) is 8.56. The molecule has 1 aromatic carbocycles. The predicted octanol–water partition coefficient (Wildman–Crippen LogP) is 2.28. The van der Waals surface area contributed by atoms with Gasteiger partial charge < -0.3 is 10.1 Å². The smallest absolute Gasteiger partial charge is 0.358 e. The van der Waals surface area contributed by atoms with E-state index in [0.29, 0.717) is 5.56 Å². The van der Waals surface area contributed by atoms with Crippen molar-refractivity contribution in [2.24, 2.45) is 0 Å². The monoisotopic (exact) mass is 357 g/mol. The van der Waals surface area contributed by atoms with Crippen LogP contribution in [0.25, 0.3) is 0 Å². The van der Waals surface area contributed by atoms with Gasteiger partial charge in [-0.15, -0.1) is 0 Å². The van der Waals surface area contributed by atoms with E-state index in [4.69, 9.17) is 0 Å². The minimum Gasteiger partial charge on any atom is -0.358 e. The first kappa shape index (κ1) is 12.7. The molecule has 1 aromatic heterocycles. The number of carbonyl (C=O) groups excluding carboxylic acids is 1. The van der Waals surface area contributed by atoms with Gasteiger partial charge in [0.1, 0.15) is 6.54 Å². The molecule has 0 radical (unpaired) electrons. The number of nitro groups is 1. The third kappa shape index (κ3) is 2.92. The molecule has 7 heteroatoms. The molecule has 0 saturated carbocycles. The molecule has 2 aromatic rings. The number of nitrogens with zero attached hydrogens (tertiary/aromatic N) is 3. The van der Waals surface area contributed by atoms with E-state index in [1.54, 1.807) is 12.1 Å². The van der Waals surface area contributed by atoms with Gasteiger partial charge in [-0.1, -0.05) is 12.1 Å². The molecule has 0 unspecified atom stereocenters. The fourth-order valence-electron chi connectivity index (χ4n) is 1.41. The van der Waals surface area contributed by atoms with Crippen molar-refractivity contribution in [1.29, 1.82) is 0 Å². The summed E-state index contributed by atoms with van der Waals surface area (Å²) in [7, 11) is 0. The van der Waals surface area contributed by atoms with Gasteiger partial charge in [0.2, 0.25) is 0 Å². The Morgan fingerprint density at radius 1 is 1.33 bits per heavy atom. The molecule has 1 heterocycles. The molecule has 0 fully saturated rings. The van der Waals surface area contributed by atoms with Gasteiger partial charge in [-0.2, -0.15) is 4.68 Å². The highest BCUT2D eigenvalue weighted by Gasteiger charge is 2.14. The lowest BCUT2D eigenvalue weighted by Crippen LogP contribution is -2.11. The fraction of sp³-hybridized carbons (Fsp3) is 0.0909. The number of carbonyl (C=O) groups is 1. The SMILES string of the molecule is O=C(Cn1ccc([N+](=O)[O-])n1)c1ccc(I)cc1. The number of hydrogen-bond donors (Lipinski definition) is 0. The van der Waals surface area contributed by atoms with Crippen LogP contribution in [0.5, 0.6) is 0 Å². The summed E-state index contributed by atoms with van der Waals surface area (Å²) in [4.78, 5) is 21.7. The van der Waals surface area contributed by atoms with Crippen molar-refractivity contribution in [2.45, 2.75) is 6.54 Å². The van der Waals surface area contributed by atoms with Crippen molar-refractivity contribution < 1.29 is 9.72 Å². The summed E-state index contributed by atoms with van der Waals surface area (Å²) in [5.74, 6) is -0.394. The van der Waals surface area contributed by atoms with E-state index in [2.05, 4.69) is 27.7 Å². The van der Waals surface area contributed by atoms with Gasteiger partial charge in [-0.25, -0.2) is 0 Å². The van der Waals surface area contributed by atoms with E-state index in [9.17, 15) is 14.9 Å². The zero-order valence-electron chi connectivity index (χ0n) is 9.12. The lowest BCUT2D eigenvalue weighted by molar-refractivity contribution is -0.389. The average molecular weight is 357 g/mol. The number of Topliss-reactive ketones (excluding diaryl/α,β-unsaturated/α-hetero) is 1. The molecular weight excluding hydrogens is 349 g/mol. The molecule has 0 aliphatic carbocycles. The molecule has 0 N–H and O–H groups in total. The third-order valence-electron chi connectivity index (χ3n) is 2.29. The van der Waals surface area contributed by atoms with E-state index in [1.165, 1.54) is 16.9 Å². The van der Waals surface area contributed by atoms with Crippen LogP contribution in [-0.4, -0.2) is 20.5 Å². The zero-order valence-corrected chi connectivity index (χ0v) is 11.3. The summed E-state index contributed by atoms with van der Waals surface area (Å²) in [5, 5.41) is 14.1. The number of halogens is 1. The summed E-state index contributed by atoms with van der Waals surface area (Å²) in [6.07, 6.45) is 1.42. The highest BCUT2D eigenvalue weighted by atomic mass is 127. The Hall–Kier alpha value is -1.77. The van der Waals surface area contributed by atoms with E-state index in [-0.39, 0.29) is 18.1 Å². The Morgan fingerprint density at radius 3 is 2.56 bits per heavy atom. The van der Waals surface area contributed by atoms with Gasteiger partial charge in [0, 0.05) is 9.13 Å². The molecule has 0 amide bonds. The van der Waals surface area contributed by atoms with E-state index in [1.807, 2.05) is 12.1 Å². The predicted molar refractivity (Wildman–Crippen MR) is 72.4 cm³/mol. The van der Waals surface area contributed by atoms with E-state index in [0.717, 1.165) is 3.57 Å². The van der Waals surface area contributed by atoms with Crippen LogP contribution >= 0.6 is 22.6 Å². The molecule has 0 atom stereocenters. The molecule has 0 aliphatic rings. The summed E-state index contributed by atoms with van der Waals surface area (Å²) in [5.41, 5.74) is 0.563. The summed E-state index contributed by atoms with van der Waals surface area (Å²) in [6, 6.07) is 8.38. The van der Waals surface area contributed by atoms with E-state index < -0.39 is 4.92 Å². The van der Waals surface area contributed by atoms with E-state index >= 15 is 0 Å². The standard InChI is InChI=1S/C11H8IN3O3/c12-9-3-1-8(2-4-9)10(16)7-14-6-5-11(13-14)15(17)18/h1-6H,7H2. The summed E-state index contributed by atoms with van der Waals surface area (Å²) < 4.78 is 2.30. The van der Waals surface area contributed by atoms with Crippen LogP contribution in [0, 0.1) is 13.7 Å². The second-order valence-electron chi connectivity index (χ2n) is 3.56. The number of hydrogen-bond acceptors (Lipinski definition) is 4. The number of ketones is 1. The fourth-order valence-corrected chi connectivity index (χ4v) is 1.77. The number of rotatable bonds is 4. The number of aromatic nitrogens is 2. The van der Waals surface area contributed by atoms with Crippen LogP contribution in [0.3, 0.4) is 0 Å². The van der Waals surface area contributed by atoms with Crippen molar-refractivity contribution >= 4 is 34.2 Å². The Bertz CT molecular complexity index is 592. The second-order valence-corrected chi connectivity index (χ2v) is 4.80. The minimum atomic E-state index is -0.591. The highest BCUT2D eigenvalue weighted by Crippen LogP contribution is 2.10. The van der Waals surface area contributed by atoms with Gasteiger partial charge in [-0.3, -0.25) is 4.79 Å². The van der Waals surface area contributed by atoms with Gasteiger partial charge in [0.25, 0.3) is 0 Å². The molecule has 0 aliphatic heterocycles. The maximum atomic E-state index is 11.9. The zero-order chi connectivity index (χ0) is 13.1. The van der Waals surface area contributed by atoms with Crippen molar-refractivity contribution in [1.82, 2.24) is 9.78 Å². The topological polar surface area (TPSA) is 78.0 Å². The molecule has 0 saturated heterocycles. The van der Waals surface area contributed by atoms with Gasteiger partial charge in [0.15, 0.2) is 5.78 Å². The van der Waals surface area contributed by atoms with Gasteiger partial charge in [-0.05, 0) is 39.6 Å². The van der Waals surface area contributed by atoms with Gasteiger partial charge >= 0.3 is 5.82 Å². The lowest BCUT2D eigenvalue weighted by atomic mass is 10.1. The summed E-state index contributed by atoms with van der Waals surface area (Å²) in [6.45, 7) is -0.00552.